The average molecular weight is 156 g/mol. The lowest BCUT2D eigenvalue weighted by Crippen LogP contribution is -2.00. The number of hydrogen-bond donors (Lipinski definition) is 1. The van der Waals surface area contributed by atoms with Crippen molar-refractivity contribution in [3.05, 3.63) is 23.6 Å². The fourth-order valence-electron chi connectivity index (χ4n) is 1.04. The van der Waals surface area contributed by atoms with Gasteiger partial charge in [-0.05, 0) is 24.5 Å². The van der Waals surface area contributed by atoms with Crippen LogP contribution in [0.3, 0.4) is 0 Å². The van der Waals surface area contributed by atoms with Gasteiger partial charge in [-0.1, -0.05) is 6.08 Å². The van der Waals surface area contributed by atoms with Gasteiger partial charge < -0.3 is 5.11 Å². The molecule has 0 amide bonds. The highest BCUT2D eigenvalue weighted by atomic mass is 19.1. The average Bonchev–Trinajstić information content (AvgIpc) is 1.93. The second-order valence-electron chi connectivity index (χ2n) is 2.46. The molecule has 0 fully saturated rings. The van der Waals surface area contributed by atoms with E-state index >= 15 is 0 Å². The van der Waals surface area contributed by atoms with Crippen molar-refractivity contribution >= 4 is 5.97 Å². The quantitative estimate of drug-likeness (QED) is 0.664. The molecule has 0 saturated heterocycles. The van der Waals surface area contributed by atoms with Crippen molar-refractivity contribution in [3.8, 4) is 0 Å². The van der Waals surface area contributed by atoms with E-state index in [1.807, 2.05) is 0 Å². The predicted octanol–water partition coefficient (Wildman–Crippen LogP) is 2.03. The molecule has 0 radical (unpaired) electrons. The van der Waals surface area contributed by atoms with E-state index in [4.69, 9.17) is 5.11 Å². The first-order chi connectivity index (χ1) is 5.20. The number of aliphatic carboxylic acids is 1. The van der Waals surface area contributed by atoms with Gasteiger partial charge in [0, 0.05) is 0 Å². The molecular weight excluding hydrogens is 147 g/mol. The van der Waals surface area contributed by atoms with Gasteiger partial charge in [0.1, 0.15) is 5.83 Å². The molecule has 3 heteroatoms. The Hall–Kier alpha value is -1.12. The summed E-state index contributed by atoms with van der Waals surface area (Å²) in [6, 6.07) is 0. The molecule has 0 aromatic carbocycles. The zero-order valence-corrected chi connectivity index (χ0v) is 6.01. The number of carbonyl (C=O) groups is 1. The lowest BCUT2D eigenvalue weighted by Gasteiger charge is -2.07. The highest BCUT2D eigenvalue weighted by Gasteiger charge is 2.10. The van der Waals surface area contributed by atoms with Gasteiger partial charge >= 0.3 is 5.97 Å². The van der Waals surface area contributed by atoms with Crippen LogP contribution in [0, 0.1) is 0 Å². The smallest absolute Gasteiger partial charge is 0.307 e. The molecule has 0 unspecified atom stereocenters. The summed E-state index contributed by atoms with van der Waals surface area (Å²) in [7, 11) is 0. The van der Waals surface area contributed by atoms with Crippen LogP contribution in [-0.2, 0) is 4.79 Å². The topological polar surface area (TPSA) is 37.3 Å². The molecule has 0 aromatic heterocycles. The van der Waals surface area contributed by atoms with Gasteiger partial charge in [-0.15, -0.1) is 0 Å². The third kappa shape index (κ3) is 2.18. The highest BCUT2D eigenvalue weighted by Crippen LogP contribution is 2.22. The third-order valence-electron chi connectivity index (χ3n) is 1.58. The van der Waals surface area contributed by atoms with Gasteiger partial charge in [-0.2, -0.15) is 0 Å². The number of halogens is 1. The Kier molecular flexibility index (Phi) is 2.41. The Labute approximate surface area is 64.0 Å². The zero-order valence-electron chi connectivity index (χ0n) is 6.01. The van der Waals surface area contributed by atoms with Crippen LogP contribution in [0.2, 0.25) is 0 Å². The summed E-state index contributed by atoms with van der Waals surface area (Å²) in [5.41, 5.74) is 0.403. The molecule has 0 spiro atoms. The van der Waals surface area contributed by atoms with Gasteiger partial charge in [-0.3, -0.25) is 4.79 Å². The van der Waals surface area contributed by atoms with Crippen LogP contribution in [0.1, 0.15) is 19.3 Å². The van der Waals surface area contributed by atoms with E-state index < -0.39 is 5.97 Å². The van der Waals surface area contributed by atoms with Crippen molar-refractivity contribution in [2.45, 2.75) is 19.3 Å². The van der Waals surface area contributed by atoms with Crippen LogP contribution in [0.4, 0.5) is 4.39 Å². The van der Waals surface area contributed by atoms with Gasteiger partial charge in [0.25, 0.3) is 0 Å². The maximum absolute atomic E-state index is 12.7. The van der Waals surface area contributed by atoms with E-state index in [2.05, 4.69) is 0 Å². The van der Waals surface area contributed by atoms with Crippen LogP contribution >= 0.6 is 0 Å². The molecule has 1 N–H and O–H groups in total. The minimum Gasteiger partial charge on any atom is -0.481 e. The van der Waals surface area contributed by atoms with Crippen molar-refractivity contribution in [1.82, 2.24) is 0 Å². The summed E-state index contributed by atoms with van der Waals surface area (Å²) < 4.78 is 12.7. The minimum absolute atomic E-state index is 0.170. The zero-order chi connectivity index (χ0) is 8.27. The molecule has 0 aliphatic heterocycles. The lowest BCUT2D eigenvalue weighted by molar-refractivity contribution is -0.136. The first kappa shape index (κ1) is 7.98. The Bertz CT molecular complexity index is 228. The fourth-order valence-corrected chi connectivity index (χ4v) is 1.04. The molecule has 0 heterocycles. The molecule has 0 bridgehead atoms. The van der Waals surface area contributed by atoms with E-state index in [1.54, 1.807) is 6.08 Å². The maximum Gasteiger partial charge on any atom is 0.307 e. The Balaban J connectivity index is 2.67. The summed E-state index contributed by atoms with van der Waals surface area (Å²) in [6.07, 6.45) is 4.16. The van der Waals surface area contributed by atoms with E-state index in [9.17, 15) is 9.18 Å². The second-order valence-corrected chi connectivity index (χ2v) is 2.46. The molecule has 1 aliphatic carbocycles. The molecule has 11 heavy (non-hydrogen) atoms. The molecule has 1 aliphatic rings. The maximum atomic E-state index is 12.7. The SMILES string of the molecule is O=C(O)CC1=C(F)C=CCC1. The molecule has 60 valence electrons. The highest BCUT2D eigenvalue weighted by molar-refractivity contribution is 5.70. The number of rotatable bonds is 2. The molecule has 0 saturated carbocycles. The van der Waals surface area contributed by atoms with E-state index in [1.165, 1.54) is 6.08 Å². The summed E-state index contributed by atoms with van der Waals surface area (Å²) in [5, 5.41) is 8.36. The van der Waals surface area contributed by atoms with Crippen molar-refractivity contribution < 1.29 is 14.3 Å². The molecule has 0 aromatic rings. The van der Waals surface area contributed by atoms with E-state index in [-0.39, 0.29) is 12.2 Å². The van der Waals surface area contributed by atoms with E-state index in [0.717, 1.165) is 6.42 Å². The number of hydrogen-bond acceptors (Lipinski definition) is 1. The Morgan fingerprint density at radius 2 is 2.45 bits per heavy atom. The first-order valence-corrected chi connectivity index (χ1v) is 3.46. The van der Waals surface area contributed by atoms with Crippen LogP contribution in [-0.4, -0.2) is 11.1 Å². The molecule has 1 rings (SSSR count). The normalized spacial score (nSPS) is 17.2. The monoisotopic (exact) mass is 156 g/mol. The number of carboxylic acid groups (broad SMARTS) is 1. The van der Waals surface area contributed by atoms with Crippen LogP contribution < -0.4 is 0 Å². The molecule has 0 atom stereocenters. The van der Waals surface area contributed by atoms with E-state index in [0.29, 0.717) is 12.0 Å². The van der Waals surface area contributed by atoms with Gasteiger partial charge in [-0.25, -0.2) is 4.39 Å². The summed E-state index contributed by atoms with van der Waals surface area (Å²) in [5.74, 6) is -1.34. The number of allylic oxidation sites excluding steroid dienone is 3. The second kappa shape index (κ2) is 3.32. The van der Waals surface area contributed by atoms with Crippen molar-refractivity contribution in [1.29, 1.82) is 0 Å². The van der Waals surface area contributed by atoms with Crippen LogP contribution in [0.5, 0.6) is 0 Å². The minimum atomic E-state index is -0.967. The largest absolute Gasteiger partial charge is 0.481 e. The van der Waals surface area contributed by atoms with Crippen molar-refractivity contribution in [2.75, 3.05) is 0 Å². The molecular formula is C8H9FO2. The number of carboxylic acids is 1. The van der Waals surface area contributed by atoms with Crippen LogP contribution in [0.25, 0.3) is 0 Å². The fraction of sp³-hybridized carbons (Fsp3) is 0.375. The summed E-state index contributed by atoms with van der Waals surface area (Å²) >= 11 is 0. The van der Waals surface area contributed by atoms with Crippen molar-refractivity contribution in [3.63, 3.8) is 0 Å². The van der Waals surface area contributed by atoms with Crippen molar-refractivity contribution in [2.24, 2.45) is 0 Å². The van der Waals surface area contributed by atoms with Gasteiger partial charge in [0.15, 0.2) is 0 Å². The van der Waals surface area contributed by atoms with Gasteiger partial charge in [0.2, 0.25) is 0 Å². The Morgan fingerprint density at radius 1 is 1.73 bits per heavy atom. The molecule has 2 nitrogen and oxygen atoms in total. The Morgan fingerprint density at radius 3 is 3.00 bits per heavy atom. The summed E-state index contributed by atoms with van der Waals surface area (Å²) in [6.45, 7) is 0. The first-order valence-electron chi connectivity index (χ1n) is 3.46. The predicted molar refractivity (Wildman–Crippen MR) is 38.8 cm³/mol. The van der Waals surface area contributed by atoms with Crippen LogP contribution in [0.15, 0.2) is 23.6 Å². The standard InChI is InChI=1S/C8H9FO2/c9-7-4-2-1-3-6(7)5-8(10)11/h2,4H,1,3,5H2,(H,10,11). The lowest BCUT2D eigenvalue weighted by atomic mass is 10.0. The van der Waals surface area contributed by atoms with Gasteiger partial charge in [0.05, 0.1) is 6.42 Å². The third-order valence-corrected chi connectivity index (χ3v) is 1.58. The summed E-state index contributed by atoms with van der Waals surface area (Å²) in [4.78, 5) is 10.2.